The van der Waals surface area contributed by atoms with Gasteiger partial charge in [-0.3, -0.25) is 25.2 Å². The van der Waals surface area contributed by atoms with Gasteiger partial charge in [-0.05, 0) is 61.5 Å². The summed E-state index contributed by atoms with van der Waals surface area (Å²) in [6, 6.07) is 20.4. The Bertz CT molecular complexity index is 1050. The minimum atomic E-state index is -0.498. The molecule has 0 bridgehead atoms. The fourth-order valence-electron chi connectivity index (χ4n) is 2.51. The van der Waals surface area contributed by atoms with Gasteiger partial charge in [-0.25, -0.2) is 0 Å². The number of aryl methyl sites for hydroxylation is 1. The van der Waals surface area contributed by atoms with Crippen molar-refractivity contribution in [2.24, 2.45) is 0 Å². The summed E-state index contributed by atoms with van der Waals surface area (Å²) in [5.74, 6) is -1.21. The highest BCUT2D eigenvalue weighted by molar-refractivity contribution is 9.10. The normalized spacial score (nSPS) is 10.1. The second-order valence-corrected chi connectivity index (χ2v) is 7.23. The van der Waals surface area contributed by atoms with E-state index < -0.39 is 11.8 Å². The molecule has 3 N–H and O–H groups in total. The molecule has 3 aromatic rings. The van der Waals surface area contributed by atoms with E-state index in [1.54, 1.807) is 54.6 Å². The first-order valence-electron chi connectivity index (χ1n) is 8.77. The SMILES string of the molecule is Cc1ccc(C(=O)Nc2cccc(C(=O)NNC(=O)c3ccc(Br)cc3)c2)cc1. The third-order valence-corrected chi connectivity index (χ3v) is 4.62. The van der Waals surface area contributed by atoms with Gasteiger partial charge in [-0.2, -0.15) is 0 Å². The Labute approximate surface area is 176 Å². The van der Waals surface area contributed by atoms with Crippen molar-refractivity contribution in [3.8, 4) is 0 Å². The third kappa shape index (κ3) is 5.52. The van der Waals surface area contributed by atoms with Crippen molar-refractivity contribution >= 4 is 39.3 Å². The van der Waals surface area contributed by atoms with Crippen LogP contribution in [0.2, 0.25) is 0 Å². The average molecular weight is 452 g/mol. The molecule has 0 spiro atoms. The Hall–Kier alpha value is -3.45. The largest absolute Gasteiger partial charge is 0.322 e. The zero-order chi connectivity index (χ0) is 20.8. The van der Waals surface area contributed by atoms with Gasteiger partial charge < -0.3 is 5.32 Å². The van der Waals surface area contributed by atoms with Crippen LogP contribution in [0.5, 0.6) is 0 Å². The van der Waals surface area contributed by atoms with Gasteiger partial charge >= 0.3 is 0 Å². The number of hydrogen-bond acceptors (Lipinski definition) is 3. The fourth-order valence-corrected chi connectivity index (χ4v) is 2.77. The molecule has 0 aliphatic carbocycles. The lowest BCUT2D eigenvalue weighted by Gasteiger charge is -2.10. The van der Waals surface area contributed by atoms with Crippen molar-refractivity contribution in [1.82, 2.24) is 10.9 Å². The zero-order valence-corrected chi connectivity index (χ0v) is 17.1. The van der Waals surface area contributed by atoms with Gasteiger partial charge in [0.05, 0.1) is 0 Å². The molecule has 29 heavy (non-hydrogen) atoms. The number of carbonyl (C=O) groups excluding carboxylic acids is 3. The molecular weight excluding hydrogens is 434 g/mol. The summed E-state index contributed by atoms with van der Waals surface area (Å²) in [4.78, 5) is 36.8. The molecule has 0 aromatic heterocycles. The van der Waals surface area contributed by atoms with Crippen LogP contribution in [0.15, 0.2) is 77.3 Å². The molecule has 7 heteroatoms. The lowest BCUT2D eigenvalue weighted by Crippen LogP contribution is -2.41. The van der Waals surface area contributed by atoms with Crippen molar-refractivity contribution in [2.45, 2.75) is 6.92 Å². The molecule has 3 amide bonds. The van der Waals surface area contributed by atoms with Gasteiger partial charge in [0, 0.05) is 26.9 Å². The van der Waals surface area contributed by atoms with E-state index in [0.29, 0.717) is 22.4 Å². The van der Waals surface area contributed by atoms with E-state index in [1.807, 2.05) is 19.1 Å². The Morgan fingerprint density at radius 1 is 0.690 bits per heavy atom. The lowest BCUT2D eigenvalue weighted by molar-refractivity contribution is 0.0846. The van der Waals surface area contributed by atoms with Crippen LogP contribution in [-0.4, -0.2) is 17.7 Å². The van der Waals surface area contributed by atoms with Gasteiger partial charge in [0.1, 0.15) is 0 Å². The van der Waals surface area contributed by atoms with Crippen LogP contribution >= 0.6 is 15.9 Å². The van der Waals surface area contributed by atoms with E-state index in [2.05, 4.69) is 32.1 Å². The Morgan fingerprint density at radius 3 is 1.90 bits per heavy atom. The number of carbonyl (C=O) groups is 3. The highest BCUT2D eigenvalue weighted by Crippen LogP contribution is 2.13. The van der Waals surface area contributed by atoms with E-state index >= 15 is 0 Å². The molecule has 0 heterocycles. The van der Waals surface area contributed by atoms with E-state index in [9.17, 15) is 14.4 Å². The molecular formula is C22H18BrN3O3. The number of nitrogens with one attached hydrogen (secondary N) is 3. The van der Waals surface area contributed by atoms with Crippen molar-refractivity contribution < 1.29 is 14.4 Å². The molecule has 146 valence electrons. The number of benzene rings is 3. The fraction of sp³-hybridized carbons (Fsp3) is 0.0455. The number of amides is 3. The first kappa shape index (κ1) is 20.3. The highest BCUT2D eigenvalue weighted by atomic mass is 79.9. The number of hydrazine groups is 1. The van der Waals surface area contributed by atoms with Gasteiger partial charge in [0.2, 0.25) is 0 Å². The van der Waals surface area contributed by atoms with Crippen molar-refractivity contribution in [3.63, 3.8) is 0 Å². The summed E-state index contributed by atoms with van der Waals surface area (Å²) >= 11 is 3.30. The standard InChI is InChI=1S/C22H18BrN3O3/c1-14-5-7-15(8-6-14)20(27)24-19-4-2-3-17(13-19)22(29)26-25-21(28)16-9-11-18(23)12-10-16/h2-13H,1H3,(H,24,27)(H,25,28)(H,26,29). The van der Waals surface area contributed by atoms with Crippen LogP contribution in [0.3, 0.4) is 0 Å². The van der Waals surface area contributed by atoms with Gasteiger partial charge in [0.15, 0.2) is 0 Å². The molecule has 3 aromatic carbocycles. The van der Waals surface area contributed by atoms with E-state index in [-0.39, 0.29) is 5.91 Å². The molecule has 0 atom stereocenters. The first-order chi connectivity index (χ1) is 13.9. The lowest BCUT2D eigenvalue weighted by atomic mass is 10.1. The quantitative estimate of drug-likeness (QED) is 0.522. The summed E-state index contributed by atoms with van der Waals surface area (Å²) in [6.45, 7) is 1.94. The summed E-state index contributed by atoms with van der Waals surface area (Å²) in [5.41, 5.74) is 7.49. The first-order valence-corrected chi connectivity index (χ1v) is 9.56. The van der Waals surface area contributed by atoms with Crippen molar-refractivity contribution in [2.75, 3.05) is 5.32 Å². The molecule has 3 rings (SSSR count). The van der Waals surface area contributed by atoms with Gasteiger partial charge in [0.25, 0.3) is 17.7 Å². The molecule has 0 radical (unpaired) electrons. The predicted octanol–water partition coefficient (Wildman–Crippen LogP) is 4.08. The average Bonchev–Trinajstić information content (AvgIpc) is 2.73. The van der Waals surface area contributed by atoms with Crippen LogP contribution in [0.4, 0.5) is 5.69 Å². The highest BCUT2D eigenvalue weighted by Gasteiger charge is 2.11. The maximum atomic E-state index is 12.3. The molecule has 0 aliphatic heterocycles. The van der Waals surface area contributed by atoms with Gasteiger partial charge in [-0.1, -0.05) is 39.7 Å². The topological polar surface area (TPSA) is 87.3 Å². The second kappa shape index (κ2) is 9.16. The number of anilines is 1. The molecule has 0 aliphatic rings. The molecule has 0 unspecified atom stereocenters. The molecule has 0 saturated carbocycles. The molecule has 6 nitrogen and oxygen atoms in total. The summed E-state index contributed by atoms with van der Waals surface area (Å²) in [6.07, 6.45) is 0. The number of rotatable bonds is 4. The van der Waals surface area contributed by atoms with E-state index in [4.69, 9.17) is 0 Å². The van der Waals surface area contributed by atoms with Crippen LogP contribution < -0.4 is 16.2 Å². The minimum Gasteiger partial charge on any atom is -0.322 e. The van der Waals surface area contributed by atoms with Crippen LogP contribution in [0.25, 0.3) is 0 Å². The van der Waals surface area contributed by atoms with E-state index in [0.717, 1.165) is 10.0 Å². The van der Waals surface area contributed by atoms with Crippen LogP contribution in [0, 0.1) is 6.92 Å². The Kier molecular flexibility index (Phi) is 6.41. The van der Waals surface area contributed by atoms with Crippen molar-refractivity contribution in [1.29, 1.82) is 0 Å². The van der Waals surface area contributed by atoms with Crippen molar-refractivity contribution in [3.05, 3.63) is 99.5 Å². The van der Waals surface area contributed by atoms with E-state index in [1.165, 1.54) is 6.07 Å². The number of hydrogen-bond donors (Lipinski definition) is 3. The zero-order valence-electron chi connectivity index (χ0n) is 15.5. The minimum absolute atomic E-state index is 0.272. The maximum absolute atomic E-state index is 12.3. The summed E-state index contributed by atoms with van der Waals surface area (Å²) in [5, 5.41) is 2.76. The van der Waals surface area contributed by atoms with Crippen LogP contribution in [-0.2, 0) is 0 Å². The second-order valence-electron chi connectivity index (χ2n) is 6.32. The predicted molar refractivity (Wildman–Crippen MR) is 115 cm³/mol. The number of halogens is 1. The monoisotopic (exact) mass is 451 g/mol. The molecule has 0 fully saturated rings. The smallest absolute Gasteiger partial charge is 0.269 e. The third-order valence-electron chi connectivity index (χ3n) is 4.09. The van der Waals surface area contributed by atoms with Gasteiger partial charge in [-0.15, -0.1) is 0 Å². The Balaban J connectivity index is 1.61. The Morgan fingerprint density at radius 2 is 1.24 bits per heavy atom. The maximum Gasteiger partial charge on any atom is 0.269 e. The summed E-state index contributed by atoms with van der Waals surface area (Å²) < 4.78 is 0.850. The van der Waals surface area contributed by atoms with Crippen LogP contribution in [0.1, 0.15) is 36.6 Å². The molecule has 0 saturated heterocycles. The summed E-state index contributed by atoms with van der Waals surface area (Å²) in [7, 11) is 0.